The summed E-state index contributed by atoms with van der Waals surface area (Å²) < 4.78 is 1.96. The van der Waals surface area contributed by atoms with Crippen LogP contribution in [-0.2, 0) is 6.42 Å². The van der Waals surface area contributed by atoms with Crippen LogP contribution in [-0.4, -0.2) is 26.5 Å². The van der Waals surface area contributed by atoms with E-state index in [4.69, 9.17) is 0 Å². The molecular weight excluding hydrogens is 250 g/mol. The summed E-state index contributed by atoms with van der Waals surface area (Å²) in [6.45, 7) is 5.08. The second-order valence-electron chi connectivity index (χ2n) is 5.35. The van der Waals surface area contributed by atoms with Crippen LogP contribution in [0.5, 0.6) is 0 Å². The van der Waals surface area contributed by atoms with E-state index >= 15 is 0 Å². The van der Waals surface area contributed by atoms with Crippen molar-refractivity contribution in [1.29, 1.82) is 0 Å². The standard InChI is InChI=1S/C15H21N5/c1-3-16-13-6-4-5-7-14-12(13)10-17-20(14)15-9-8-11(2)18-19-15/h8-10,13,16H,3-7H2,1-2H3. The van der Waals surface area contributed by atoms with E-state index in [1.165, 1.54) is 30.5 Å². The SMILES string of the molecule is CCNC1CCCCc2c1cnn2-c1ccc(C)nn1. The lowest BCUT2D eigenvalue weighted by atomic mass is 10.1. The fraction of sp³-hybridized carbons (Fsp3) is 0.533. The molecule has 1 aliphatic carbocycles. The van der Waals surface area contributed by atoms with Crippen molar-refractivity contribution in [1.82, 2.24) is 25.3 Å². The maximum absolute atomic E-state index is 4.55. The van der Waals surface area contributed by atoms with Gasteiger partial charge in [-0.15, -0.1) is 5.10 Å². The van der Waals surface area contributed by atoms with E-state index in [1.54, 1.807) is 0 Å². The van der Waals surface area contributed by atoms with Crippen molar-refractivity contribution in [2.75, 3.05) is 6.54 Å². The highest BCUT2D eigenvalue weighted by Crippen LogP contribution is 2.29. The number of aryl methyl sites for hydroxylation is 1. The monoisotopic (exact) mass is 271 g/mol. The van der Waals surface area contributed by atoms with Crippen LogP contribution < -0.4 is 5.32 Å². The number of nitrogens with zero attached hydrogens (tertiary/aromatic N) is 4. The number of nitrogens with one attached hydrogen (secondary N) is 1. The molecule has 0 spiro atoms. The Morgan fingerprint density at radius 1 is 1.30 bits per heavy atom. The van der Waals surface area contributed by atoms with Crippen LogP contribution in [0.1, 0.15) is 49.2 Å². The zero-order chi connectivity index (χ0) is 13.9. The highest BCUT2D eigenvalue weighted by atomic mass is 15.3. The number of fused-ring (bicyclic) bond motifs is 1. The predicted molar refractivity (Wildman–Crippen MR) is 77.9 cm³/mol. The van der Waals surface area contributed by atoms with Crippen molar-refractivity contribution in [3.05, 3.63) is 35.3 Å². The van der Waals surface area contributed by atoms with E-state index in [0.29, 0.717) is 6.04 Å². The zero-order valence-corrected chi connectivity index (χ0v) is 12.1. The summed E-state index contributed by atoms with van der Waals surface area (Å²) in [5.41, 5.74) is 3.54. The Morgan fingerprint density at radius 2 is 2.20 bits per heavy atom. The minimum Gasteiger partial charge on any atom is -0.310 e. The highest BCUT2D eigenvalue weighted by molar-refractivity contribution is 5.31. The Labute approximate surface area is 119 Å². The maximum Gasteiger partial charge on any atom is 0.175 e. The van der Waals surface area contributed by atoms with E-state index in [9.17, 15) is 0 Å². The summed E-state index contributed by atoms with van der Waals surface area (Å²) in [7, 11) is 0. The first-order chi connectivity index (χ1) is 9.79. The average Bonchev–Trinajstić information content (AvgIpc) is 2.77. The van der Waals surface area contributed by atoms with Crippen LogP contribution >= 0.6 is 0 Å². The van der Waals surface area contributed by atoms with Gasteiger partial charge in [-0.05, 0) is 44.9 Å². The molecule has 0 aromatic carbocycles. The molecular formula is C15H21N5. The summed E-state index contributed by atoms with van der Waals surface area (Å²) in [5, 5.41) is 16.5. The van der Waals surface area contributed by atoms with Crippen molar-refractivity contribution in [2.24, 2.45) is 0 Å². The van der Waals surface area contributed by atoms with Gasteiger partial charge in [-0.3, -0.25) is 0 Å². The number of rotatable bonds is 3. The Morgan fingerprint density at radius 3 is 2.95 bits per heavy atom. The summed E-state index contributed by atoms with van der Waals surface area (Å²) in [6, 6.07) is 4.39. The minimum absolute atomic E-state index is 0.421. The van der Waals surface area contributed by atoms with E-state index in [-0.39, 0.29) is 0 Å². The summed E-state index contributed by atoms with van der Waals surface area (Å²) in [5.74, 6) is 0.814. The summed E-state index contributed by atoms with van der Waals surface area (Å²) in [4.78, 5) is 0. The van der Waals surface area contributed by atoms with Gasteiger partial charge in [-0.25, -0.2) is 4.68 Å². The van der Waals surface area contributed by atoms with Gasteiger partial charge in [0.2, 0.25) is 0 Å². The minimum atomic E-state index is 0.421. The van der Waals surface area contributed by atoms with Crippen molar-refractivity contribution in [3.8, 4) is 5.82 Å². The van der Waals surface area contributed by atoms with Crippen molar-refractivity contribution < 1.29 is 0 Å². The van der Waals surface area contributed by atoms with E-state index in [0.717, 1.165) is 24.5 Å². The van der Waals surface area contributed by atoms with Crippen LogP contribution in [0, 0.1) is 6.92 Å². The van der Waals surface area contributed by atoms with Gasteiger partial charge in [-0.2, -0.15) is 10.2 Å². The van der Waals surface area contributed by atoms with Crippen LogP contribution in [0.15, 0.2) is 18.3 Å². The second kappa shape index (κ2) is 5.71. The Hall–Kier alpha value is -1.75. The predicted octanol–water partition coefficient (Wildman–Crippen LogP) is 2.35. The normalized spacial score (nSPS) is 18.6. The van der Waals surface area contributed by atoms with Gasteiger partial charge in [0.25, 0.3) is 0 Å². The van der Waals surface area contributed by atoms with Crippen molar-refractivity contribution in [2.45, 2.75) is 45.6 Å². The molecule has 0 bridgehead atoms. The molecule has 0 fully saturated rings. The molecule has 1 unspecified atom stereocenters. The largest absolute Gasteiger partial charge is 0.310 e. The van der Waals surface area contributed by atoms with Gasteiger partial charge in [0, 0.05) is 11.6 Å². The number of hydrogen-bond acceptors (Lipinski definition) is 4. The average molecular weight is 271 g/mol. The molecule has 2 aromatic rings. The van der Waals surface area contributed by atoms with Gasteiger partial charge >= 0.3 is 0 Å². The third kappa shape index (κ3) is 2.45. The Bertz CT molecular complexity index is 572. The zero-order valence-electron chi connectivity index (χ0n) is 12.1. The maximum atomic E-state index is 4.55. The Balaban J connectivity index is 2.00. The molecule has 0 aliphatic heterocycles. The third-order valence-electron chi connectivity index (χ3n) is 3.88. The van der Waals surface area contributed by atoms with Gasteiger partial charge < -0.3 is 5.32 Å². The quantitative estimate of drug-likeness (QED) is 0.871. The topological polar surface area (TPSA) is 55.6 Å². The summed E-state index contributed by atoms with van der Waals surface area (Å²) in [6.07, 6.45) is 6.71. The molecule has 0 saturated carbocycles. The molecule has 0 radical (unpaired) electrons. The van der Waals surface area contributed by atoms with Crippen LogP contribution in [0.25, 0.3) is 5.82 Å². The molecule has 3 rings (SSSR count). The first kappa shape index (κ1) is 13.2. The highest BCUT2D eigenvalue weighted by Gasteiger charge is 2.22. The molecule has 106 valence electrons. The van der Waals surface area contributed by atoms with Crippen LogP contribution in [0.2, 0.25) is 0 Å². The lowest BCUT2D eigenvalue weighted by molar-refractivity contribution is 0.503. The van der Waals surface area contributed by atoms with Gasteiger partial charge in [-0.1, -0.05) is 13.3 Å². The second-order valence-corrected chi connectivity index (χ2v) is 5.35. The lowest BCUT2D eigenvalue weighted by Crippen LogP contribution is -2.20. The van der Waals surface area contributed by atoms with E-state index in [1.807, 2.05) is 29.9 Å². The van der Waals surface area contributed by atoms with E-state index in [2.05, 4.69) is 27.5 Å². The molecule has 1 aliphatic rings. The number of aromatic nitrogens is 4. The first-order valence-electron chi connectivity index (χ1n) is 7.40. The molecule has 5 nitrogen and oxygen atoms in total. The van der Waals surface area contributed by atoms with E-state index < -0.39 is 0 Å². The van der Waals surface area contributed by atoms with Crippen LogP contribution in [0.4, 0.5) is 0 Å². The summed E-state index contributed by atoms with van der Waals surface area (Å²) >= 11 is 0. The van der Waals surface area contributed by atoms with Gasteiger partial charge in [0.1, 0.15) is 0 Å². The smallest absolute Gasteiger partial charge is 0.175 e. The third-order valence-corrected chi connectivity index (χ3v) is 3.88. The molecule has 20 heavy (non-hydrogen) atoms. The molecule has 2 heterocycles. The van der Waals surface area contributed by atoms with Gasteiger partial charge in [0.15, 0.2) is 5.82 Å². The first-order valence-corrected chi connectivity index (χ1v) is 7.40. The molecule has 2 aromatic heterocycles. The molecule has 1 atom stereocenters. The fourth-order valence-corrected chi connectivity index (χ4v) is 2.88. The molecule has 0 amide bonds. The fourth-order valence-electron chi connectivity index (χ4n) is 2.88. The van der Waals surface area contributed by atoms with Crippen LogP contribution in [0.3, 0.4) is 0 Å². The van der Waals surface area contributed by atoms with Crippen molar-refractivity contribution >= 4 is 0 Å². The van der Waals surface area contributed by atoms with Crippen molar-refractivity contribution in [3.63, 3.8) is 0 Å². The Kier molecular flexibility index (Phi) is 3.78. The molecule has 5 heteroatoms. The lowest BCUT2D eigenvalue weighted by Gasteiger charge is -2.15. The van der Waals surface area contributed by atoms with Gasteiger partial charge in [0.05, 0.1) is 17.6 Å². The molecule has 0 saturated heterocycles. The number of hydrogen-bond donors (Lipinski definition) is 1. The molecule has 1 N–H and O–H groups in total.